The van der Waals surface area contributed by atoms with Crippen LogP contribution in [0.5, 0.6) is 0 Å². The molecule has 0 aliphatic carbocycles. The van der Waals surface area contributed by atoms with Crippen LogP contribution >= 0.6 is 0 Å². The second kappa shape index (κ2) is 5.97. The highest BCUT2D eigenvalue weighted by atomic mass is 16.5. The summed E-state index contributed by atoms with van der Waals surface area (Å²) in [6.45, 7) is 6.37. The Kier molecular flexibility index (Phi) is 4.60. The minimum Gasteiger partial charge on any atom is -0.456 e. The Labute approximate surface area is 96.6 Å². The lowest BCUT2D eigenvalue weighted by Crippen LogP contribution is -1.99. The number of benzene rings is 1. The Morgan fingerprint density at radius 1 is 1.44 bits per heavy atom. The van der Waals surface area contributed by atoms with Crippen molar-refractivity contribution < 1.29 is 9.53 Å². The summed E-state index contributed by atoms with van der Waals surface area (Å²) in [4.78, 5) is 11.0. The largest absolute Gasteiger partial charge is 0.456 e. The fourth-order valence-electron chi connectivity index (χ4n) is 1.27. The molecule has 0 amide bonds. The molecule has 1 aromatic rings. The van der Waals surface area contributed by atoms with Crippen LogP contribution in [0.2, 0.25) is 0 Å². The van der Waals surface area contributed by atoms with Crippen molar-refractivity contribution in [2.75, 3.05) is 6.61 Å². The molecule has 1 aromatic carbocycles. The average molecular weight is 216 g/mol. The Hall–Kier alpha value is -1.75. The number of ether oxygens (including phenoxy) is 1. The van der Waals surface area contributed by atoms with Gasteiger partial charge in [0.05, 0.1) is 6.61 Å². The molecule has 0 saturated carbocycles. The summed E-state index contributed by atoms with van der Waals surface area (Å²) >= 11 is 0. The van der Waals surface area contributed by atoms with E-state index in [9.17, 15) is 4.79 Å². The van der Waals surface area contributed by atoms with Gasteiger partial charge < -0.3 is 4.74 Å². The molecule has 0 aromatic heterocycles. The van der Waals surface area contributed by atoms with Crippen LogP contribution in [0.1, 0.15) is 37.8 Å². The van der Waals surface area contributed by atoms with E-state index >= 15 is 0 Å². The molecule has 0 bridgehead atoms. The van der Waals surface area contributed by atoms with Gasteiger partial charge >= 0.3 is 5.97 Å². The Bertz CT molecular complexity index is 422. The summed E-state index contributed by atoms with van der Waals surface area (Å²) in [6, 6.07) is 7.89. The van der Waals surface area contributed by atoms with Crippen LogP contribution < -0.4 is 0 Å². The van der Waals surface area contributed by atoms with E-state index < -0.39 is 5.97 Å². The molecule has 16 heavy (non-hydrogen) atoms. The van der Waals surface area contributed by atoms with Crippen LogP contribution in [-0.4, -0.2) is 12.6 Å². The van der Waals surface area contributed by atoms with Crippen LogP contribution in [0, 0.1) is 11.8 Å². The van der Waals surface area contributed by atoms with E-state index in [4.69, 9.17) is 4.74 Å². The molecule has 0 heterocycles. The number of carbonyl (C=O) groups is 1. The molecular weight excluding hydrogens is 200 g/mol. The number of esters is 1. The maximum atomic E-state index is 11.0. The van der Waals surface area contributed by atoms with Gasteiger partial charge in [-0.1, -0.05) is 31.9 Å². The average Bonchev–Trinajstić information content (AvgIpc) is 2.27. The first-order chi connectivity index (χ1) is 7.63. The molecule has 0 unspecified atom stereocenters. The molecular formula is C14H16O2. The zero-order chi connectivity index (χ0) is 12.0. The summed E-state index contributed by atoms with van der Waals surface area (Å²) in [5.41, 5.74) is 2.06. The lowest BCUT2D eigenvalue weighted by atomic mass is 10.0. The van der Waals surface area contributed by atoms with Crippen molar-refractivity contribution in [1.29, 1.82) is 0 Å². The third-order valence-electron chi connectivity index (χ3n) is 2.14. The quantitative estimate of drug-likeness (QED) is 0.561. The van der Waals surface area contributed by atoms with Gasteiger partial charge in [0.1, 0.15) is 0 Å². The highest BCUT2D eigenvalue weighted by Crippen LogP contribution is 2.14. The first-order valence-electron chi connectivity index (χ1n) is 5.42. The van der Waals surface area contributed by atoms with Crippen molar-refractivity contribution in [3.05, 3.63) is 35.4 Å². The van der Waals surface area contributed by atoms with Crippen LogP contribution in [-0.2, 0) is 9.53 Å². The predicted molar refractivity (Wildman–Crippen MR) is 64.0 cm³/mol. The Balaban J connectivity index is 2.81. The molecule has 2 nitrogen and oxygen atoms in total. The van der Waals surface area contributed by atoms with Gasteiger partial charge in [-0.2, -0.15) is 0 Å². The fourth-order valence-corrected chi connectivity index (χ4v) is 1.27. The summed E-state index contributed by atoms with van der Waals surface area (Å²) in [5, 5.41) is 0. The van der Waals surface area contributed by atoms with Crippen molar-refractivity contribution >= 4 is 5.97 Å². The van der Waals surface area contributed by atoms with Crippen molar-refractivity contribution in [3.8, 4) is 11.8 Å². The van der Waals surface area contributed by atoms with Gasteiger partial charge in [0.25, 0.3) is 0 Å². The second-order valence-corrected chi connectivity index (χ2v) is 3.75. The fraction of sp³-hybridized carbons (Fsp3) is 0.357. The second-order valence-electron chi connectivity index (χ2n) is 3.75. The van der Waals surface area contributed by atoms with Gasteiger partial charge in [-0.25, -0.2) is 4.79 Å². The Morgan fingerprint density at radius 3 is 2.81 bits per heavy atom. The lowest BCUT2D eigenvalue weighted by Gasteiger charge is -2.04. The van der Waals surface area contributed by atoms with Crippen LogP contribution in [0.3, 0.4) is 0 Å². The van der Waals surface area contributed by atoms with E-state index in [-0.39, 0.29) is 0 Å². The molecule has 0 spiro atoms. The van der Waals surface area contributed by atoms with Crippen molar-refractivity contribution in [3.63, 3.8) is 0 Å². The SMILES string of the molecule is CCOC(=O)C#Cc1cccc(C(C)C)c1. The van der Waals surface area contributed by atoms with Crippen LogP contribution in [0.25, 0.3) is 0 Å². The maximum Gasteiger partial charge on any atom is 0.384 e. The number of hydrogen-bond acceptors (Lipinski definition) is 2. The van der Waals surface area contributed by atoms with Gasteiger partial charge in [-0.15, -0.1) is 0 Å². The zero-order valence-electron chi connectivity index (χ0n) is 9.91. The standard InChI is InChI=1S/C14H16O2/c1-4-16-14(15)9-8-12-6-5-7-13(10-12)11(2)3/h5-7,10-11H,4H2,1-3H3. The molecule has 0 aliphatic heterocycles. The zero-order valence-corrected chi connectivity index (χ0v) is 9.91. The molecule has 0 N–H and O–H groups in total. The molecule has 1 rings (SSSR count). The number of carbonyl (C=O) groups excluding carboxylic acids is 1. The molecule has 0 aliphatic rings. The Morgan fingerprint density at radius 2 is 2.19 bits per heavy atom. The van der Waals surface area contributed by atoms with Crippen LogP contribution in [0.4, 0.5) is 0 Å². The summed E-state index contributed by atoms with van der Waals surface area (Å²) in [5.74, 6) is 5.24. The van der Waals surface area contributed by atoms with E-state index in [1.807, 2.05) is 18.2 Å². The predicted octanol–water partition coefficient (Wildman–Crippen LogP) is 2.72. The van der Waals surface area contributed by atoms with Crippen molar-refractivity contribution in [2.24, 2.45) is 0 Å². The monoisotopic (exact) mass is 216 g/mol. The lowest BCUT2D eigenvalue weighted by molar-refractivity contribution is -0.136. The van der Waals surface area contributed by atoms with Gasteiger partial charge in [0, 0.05) is 11.5 Å². The van der Waals surface area contributed by atoms with Gasteiger partial charge in [-0.05, 0) is 30.5 Å². The van der Waals surface area contributed by atoms with E-state index in [0.29, 0.717) is 12.5 Å². The smallest absolute Gasteiger partial charge is 0.384 e. The van der Waals surface area contributed by atoms with E-state index in [2.05, 4.69) is 31.8 Å². The first-order valence-corrected chi connectivity index (χ1v) is 5.42. The summed E-state index contributed by atoms with van der Waals surface area (Å²) < 4.78 is 4.73. The third kappa shape index (κ3) is 3.78. The molecule has 2 heteroatoms. The third-order valence-corrected chi connectivity index (χ3v) is 2.14. The molecule has 0 fully saturated rings. The highest BCUT2D eigenvalue weighted by Gasteiger charge is 1.99. The summed E-state index contributed by atoms with van der Waals surface area (Å²) in [6.07, 6.45) is 0. The van der Waals surface area contributed by atoms with Gasteiger partial charge in [-0.3, -0.25) is 0 Å². The van der Waals surface area contributed by atoms with E-state index in [1.165, 1.54) is 5.56 Å². The van der Waals surface area contributed by atoms with Crippen LogP contribution in [0.15, 0.2) is 24.3 Å². The number of hydrogen-bond donors (Lipinski definition) is 0. The van der Waals surface area contributed by atoms with Gasteiger partial charge in [0.15, 0.2) is 0 Å². The molecule has 0 atom stereocenters. The van der Waals surface area contributed by atoms with Crippen molar-refractivity contribution in [2.45, 2.75) is 26.7 Å². The molecule has 0 radical (unpaired) electrons. The summed E-state index contributed by atoms with van der Waals surface area (Å²) in [7, 11) is 0. The number of rotatable bonds is 2. The van der Waals surface area contributed by atoms with Crippen molar-refractivity contribution in [1.82, 2.24) is 0 Å². The van der Waals surface area contributed by atoms with E-state index in [0.717, 1.165) is 5.56 Å². The topological polar surface area (TPSA) is 26.3 Å². The molecule has 0 saturated heterocycles. The molecule has 84 valence electrons. The van der Waals surface area contributed by atoms with E-state index in [1.54, 1.807) is 6.92 Å². The highest BCUT2D eigenvalue weighted by molar-refractivity contribution is 5.89. The first kappa shape index (κ1) is 12.3. The maximum absolute atomic E-state index is 11.0. The normalized spacial score (nSPS) is 9.50. The van der Waals surface area contributed by atoms with Gasteiger partial charge in [0.2, 0.25) is 0 Å². The minimum absolute atomic E-state index is 0.361. The minimum atomic E-state index is -0.475.